The van der Waals surface area contributed by atoms with Gasteiger partial charge in [-0.05, 0) is 37.2 Å². The highest BCUT2D eigenvalue weighted by atomic mass is 35.5. The maximum atomic E-state index is 6.04. The van der Waals surface area contributed by atoms with Gasteiger partial charge < -0.3 is 5.32 Å². The van der Waals surface area contributed by atoms with Crippen molar-refractivity contribution in [2.24, 2.45) is 0 Å². The van der Waals surface area contributed by atoms with E-state index in [1.54, 1.807) is 0 Å². The average Bonchev–Trinajstić information content (AvgIpc) is 2.84. The minimum Gasteiger partial charge on any atom is -0.315 e. The van der Waals surface area contributed by atoms with Crippen LogP contribution >= 0.6 is 23.2 Å². The Balaban J connectivity index is 2.04. The number of rotatable bonds is 4. The minimum absolute atomic E-state index is 0.626. The van der Waals surface area contributed by atoms with Crippen LogP contribution in [0.15, 0.2) is 18.2 Å². The van der Waals surface area contributed by atoms with Crippen LogP contribution in [0.2, 0.25) is 10.0 Å². The molecule has 1 saturated heterocycles. The maximum absolute atomic E-state index is 6.04. The summed E-state index contributed by atoms with van der Waals surface area (Å²) in [5.74, 6) is 0. The summed E-state index contributed by atoms with van der Waals surface area (Å²) < 4.78 is 0. The molecule has 0 aliphatic carbocycles. The first-order valence-corrected chi connectivity index (χ1v) is 6.85. The van der Waals surface area contributed by atoms with Gasteiger partial charge in [0.1, 0.15) is 0 Å². The lowest BCUT2D eigenvalue weighted by molar-refractivity contribution is 0.210. The third-order valence-corrected chi connectivity index (χ3v) is 4.07. The Bertz CT molecular complexity index is 376. The predicted octanol–water partition coefficient (Wildman–Crippen LogP) is 3.18. The molecule has 1 aliphatic heterocycles. The minimum atomic E-state index is 0.626. The van der Waals surface area contributed by atoms with Gasteiger partial charge in [0.15, 0.2) is 0 Å². The molecule has 1 aliphatic rings. The normalized spacial score (nSPS) is 20.1. The van der Waals surface area contributed by atoms with Gasteiger partial charge in [0, 0.05) is 19.1 Å². The van der Waals surface area contributed by atoms with Crippen molar-refractivity contribution in [3.63, 3.8) is 0 Å². The van der Waals surface area contributed by atoms with Gasteiger partial charge >= 0.3 is 0 Å². The highest BCUT2D eigenvalue weighted by molar-refractivity contribution is 6.42. The lowest BCUT2D eigenvalue weighted by atomic mass is 10.1. The van der Waals surface area contributed by atoms with Gasteiger partial charge in [0.2, 0.25) is 0 Å². The second-order valence-corrected chi connectivity index (χ2v) is 5.27. The topological polar surface area (TPSA) is 15.3 Å². The van der Waals surface area contributed by atoms with E-state index in [-0.39, 0.29) is 0 Å². The highest BCUT2D eigenvalue weighted by Gasteiger charge is 2.20. The number of nitrogens with zero attached hydrogens (tertiary/aromatic N) is 1. The average molecular weight is 273 g/mol. The van der Waals surface area contributed by atoms with Gasteiger partial charge in [-0.1, -0.05) is 36.2 Å². The van der Waals surface area contributed by atoms with Gasteiger partial charge in [0.25, 0.3) is 0 Å². The molecule has 1 heterocycles. The molecule has 1 unspecified atom stereocenters. The number of hydrogen-bond acceptors (Lipinski definition) is 2. The summed E-state index contributed by atoms with van der Waals surface area (Å²) in [6.07, 6.45) is 1.23. The van der Waals surface area contributed by atoms with Crippen LogP contribution in [0.4, 0.5) is 0 Å². The fraction of sp³-hybridized carbons (Fsp3) is 0.538. The molecule has 1 atom stereocenters. The summed E-state index contributed by atoms with van der Waals surface area (Å²) in [4.78, 5) is 2.49. The first kappa shape index (κ1) is 13.2. The molecular weight excluding hydrogens is 255 g/mol. The molecule has 1 aromatic rings. The van der Waals surface area contributed by atoms with Crippen molar-refractivity contribution < 1.29 is 0 Å². The molecule has 0 radical (unpaired) electrons. The quantitative estimate of drug-likeness (QED) is 0.906. The molecule has 1 fully saturated rings. The Morgan fingerprint density at radius 1 is 1.35 bits per heavy atom. The lowest BCUT2D eigenvalue weighted by Gasteiger charge is -2.27. The van der Waals surface area contributed by atoms with E-state index in [4.69, 9.17) is 23.2 Å². The number of hydrogen-bond donors (Lipinski definition) is 1. The Morgan fingerprint density at radius 2 is 2.18 bits per heavy atom. The first-order valence-electron chi connectivity index (χ1n) is 6.09. The second kappa shape index (κ2) is 6.05. The molecular formula is C13H18Cl2N2. The number of benzene rings is 1. The van der Waals surface area contributed by atoms with E-state index < -0.39 is 0 Å². The Hall–Kier alpha value is -0.280. The molecule has 0 aromatic heterocycles. The van der Waals surface area contributed by atoms with E-state index in [0.717, 1.165) is 26.2 Å². The lowest BCUT2D eigenvalue weighted by Crippen LogP contribution is -2.36. The van der Waals surface area contributed by atoms with Crippen LogP contribution in [-0.2, 0) is 6.54 Å². The zero-order valence-corrected chi connectivity index (χ0v) is 11.6. The molecule has 1 N–H and O–H groups in total. The zero-order chi connectivity index (χ0) is 12.3. The van der Waals surface area contributed by atoms with Crippen LogP contribution in [0.1, 0.15) is 18.9 Å². The molecule has 17 heavy (non-hydrogen) atoms. The van der Waals surface area contributed by atoms with Crippen LogP contribution in [-0.4, -0.2) is 30.6 Å². The summed E-state index contributed by atoms with van der Waals surface area (Å²) in [5.41, 5.74) is 1.23. The van der Waals surface area contributed by atoms with Crippen molar-refractivity contribution in [3.8, 4) is 0 Å². The third kappa shape index (κ3) is 3.35. The highest BCUT2D eigenvalue weighted by Crippen LogP contribution is 2.24. The Kier molecular flexibility index (Phi) is 4.69. The largest absolute Gasteiger partial charge is 0.315 e. The second-order valence-electron chi connectivity index (χ2n) is 4.46. The number of likely N-dealkylation sites (N-methyl/N-ethyl adjacent to an activating group) is 1. The SMILES string of the molecule is CCN(Cc1ccc(Cl)c(Cl)c1)C1CCNC1. The summed E-state index contributed by atoms with van der Waals surface area (Å²) in [6, 6.07) is 6.54. The van der Waals surface area contributed by atoms with Crippen LogP contribution in [0, 0.1) is 0 Å². The van der Waals surface area contributed by atoms with Crippen molar-refractivity contribution in [2.45, 2.75) is 25.9 Å². The first-order chi connectivity index (χ1) is 8.20. The molecule has 1 aromatic carbocycles. The van der Waals surface area contributed by atoms with Gasteiger partial charge in [0.05, 0.1) is 10.0 Å². The van der Waals surface area contributed by atoms with E-state index in [1.165, 1.54) is 12.0 Å². The van der Waals surface area contributed by atoms with Gasteiger partial charge in [-0.15, -0.1) is 0 Å². The smallest absolute Gasteiger partial charge is 0.0595 e. The standard InChI is InChI=1S/C13H18Cl2N2/c1-2-17(11-5-6-16-8-11)9-10-3-4-12(14)13(15)7-10/h3-4,7,11,16H,2,5-6,8-9H2,1H3. The maximum Gasteiger partial charge on any atom is 0.0595 e. The van der Waals surface area contributed by atoms with Crippen LogP contribution < -0.4 is 5.32 Å². The monoisotopic (exact) mass is 272 g/mol. The molecule has 0 amide bonds. The Morgan fingerprint density at radius 3 is 2.76 bits per heavy atom. The van der Waals surface area contributed by atoms with E-state index in [9.17, 15) is 0 Å². The molecule has 0 bridgehead atoms. The van der Waals surface area contributed by atoms with Crippen LogP contribution in [0.25, 0.3) is 0 Å². The van der Waals surface area contributed by atoms with Crippen LogP contribution in [0.3, 0.4) is 0 Å². The Labute approximate surface area is 113 Å². The fourth-order valence-electron chi connectivity index (χ4n) is 2.32. The van der Waals surface area contributed by atoms with E-state index in [0.29, 0.717) is 16.1 Å². The molecule has 0 saturated carbocycles. The van der Waals surface area contributed by atoms with Gasteiger partial charge in [-0.25, -0.2) is 0 Å². The van der Waals surface area contributed by atoms with E-state index >= 15 is 0 Å². The van der Waals surface area contributed by atoms with E-state index in [2.05, 4.69) is 23.2 Å². The molecule has 2 nitrogen and oxygen atoms in total. The third-order valence-electron chi connectivity index (χ3n) is 3.33. The van der Waals surface area contributed by atoms with Gasteiger partial charge in [-0.2, -0.15) is 0 Å². The summed E-state index contributed by atoms with van der Waals surface area (Å²) >= 11 is 12.0. The summed E-state index contributed by atoms with van der Waals surface area (Å²) in [6.45, 7) is 6.43. The molecule has 0 spiro atoms. The van der Waals surface area contributed by atoms with Crippen molar-refractivity contribution >= 4 is 23.2 Å². The number of halogens is 2. The summed E-state index contributed by atoms with van der Waals surface area (Å²) in [5, 5.41) is 4.67. The van der Waals surface area contributed by atoms with Crippen molar-refractivity contribution in [1.29, 1.82) is 0 Å². The molecule has 94 valence electrons. The number of nitrogens with one attached hydrogen (secondary N) is 1. The van der Waals surface area contributed by atoms with E-state index in [1.807, 2.05) is 12.1 Å². The summed E-state index contributed by atoms with van der Waals surface area (Å²) in [7, 11) is 0. The van der Waals surface area contributed by atoms with Gasteiger partial charge in [-0.3, -0.25) is 4.90 Å². The predicted molar refractivity (Wildman–Crippen MR) is 73.8 cm³/mol. The zero-order valence-electron chi connectivity index (χ0n) is 10.0. The molecule has 4 heteroatoms. The fourth-order valence-corrected chi connectivity index (χ4v) is 2.64. The van der Waals surface area contributed by atoms with Crippen LogP contribution in [0.5, 0.6) is 0 Å². The molecule has 2 rings (SSSR count). The van der Waals surface area contributed by atoms with Crippen molar-refractivity contribution in [1.82, 2.24) is 10.2 Å². The van der Waals surface area contributed by atoms with Crippen molar-refractivity contribution in [2.75, 3.05) is 19.6 Å². The van der Waals surface area contributed by atoms with Crippen molar-refractivity contribution in [3.05, 3.63) is 33.8 Å².